The average Bonchev–Trinajstić information content (AvgIpc) is 2.37. The van der Waals surface area contributed by atoms with Crippen molar-refractivity contribution in [2.24, 2.45) is 0 Å². The van der Waals surface area contributed by atoms with Crippen LogP contribution in [0.5, 0.6) is 5.75 Å². The fraction of sp³-hybridized carbons (Fsp3) is 0.143. The lowest BCUT2D eigenvalue weighted by Gasteiger charge is -2.09. The van der Waals surface area contributed by atoms with Gasteiger partial charge in [-0.15, -0.1) is 11.8 Å². The Hall–Kier alpha value is -1.68. The van der Waals surface area contributed by atoms with Gasteiger partial charge in [0.2, 0.25) is 0 Å². The quantitative estimate of drug-likeness (QED) is 0.674. The number of hydrogen-bond donors (Lipinski definition) is 1. The van der Waals surface area contributed by atoms with Gasteiger partial charge in [0.05, 0.1) is 7.11 Å². The van der Waals surface area contributed by atoms with Crippen molar-refractivity contribution in [2.45, 2.75) is 10.6 Å². The molecule has 0 spiro atoms. The van der Waals surface area contributed by atoms with E-state index in [0.29, 0.717) is 11.4 Å². The summed E-state index contributed by atoms with van der Waals surface area (Å²) in [5.41, 5.74) is 7.30. The van der Waals surface area contributed by atoms with Crippen molar-refractivity contribution in [2.75, 3.05) is 12.8 Å². The smallest absolute Gasteiger partial charge is 0.134 e. The average molecular weight is 263 g/mol. The summed E-state index contributed by atoms with van der Waals surface area (Å²) >= 11 is 1.59. The van der Waals surface area contributed by atoms with Crippen molar-refractivity contribution >= 4 is 17.4 Å². The predicted octanol–water partition coefficient (Wildman–Crippen LogP) is 3.71. The summed E-state index contributed by atoms with van der Waals surface area (Å²) in [4.78, 5) is 0.996. The highest BCUT2D eigenvalue weighted by Gasteiger charge is 2.05. The lowest BCUT2D eigenvalue weighted by atomic mass is 10.2. The van der Waals surface area contributed by atoms with Crippen LogP contribution in [0.4, 0.5) is 10.1 Å². The van der Waals surface area contributed by atoms with Crippen molar-refractivity contribution < 1.29 is 9.13 Å². The number of rotatable bonds is 4. The molecule has 2 aromatic rings. The fourth-order valence-corrected chi connectivity index (χ4v) is 2.54. The van der Waals surface area contributed by atoms with Gasteiger partial charge >= 0.3 is 0 Å². The minimum Gasteiger partial charge on any atom is -0.496 e. The molecule has 0 atom stereocenters. The van der Waals surface area contributed by atoms with Crippen molar-refractivity contribution in [1.29, 1.82) is 0 Å². The van der Waals surface area contributed by atoms with E-state index in [-0.39, 0.29) is 5.82 Å². The molecule has 0 saturated carbocycles. The third-order valence-electron chi connectivity index (χ3n) is 2.47. The molecule has 0 fully saturated rings. The van der Waals surface area contributed by atoms with Gasteiger partial charge in [-0.1, -0.05) is 12.1 Å². The van der Waals surface area contributed by atoms with E-state index in [1.165, 1.54) is 12.1 Å². The van der Waals surface area contributed by atoms with Crippen molar-refractivity contribution in [3.63, 3.8) is 0 Å². The molecular weight excluding hydrogens is 249 g/mol. The van der Waals surface area contributed by atoms with E-state index in [0.717, 1.165) is 16.2 Å². The minimum atomic E-state index is -0.211. The van der Waals surface area contributed by atoms with Crippen LogP contribution < -0.4 is 10.5 Å². The van der Waals surface area contributed by atoms with Gasteiger partial charge in [-0.05, 0) is 29.8 Å². The topological polar surface area (TPSA) is 35.2 Å². The number of nitrogen functional groups attached to an aromatic ring is 1. The van der Waals surface area contributed by atoms with E-state index in [2.05, 4.69) is 0 Å². The molecule has 0 heterocycles. The highest BCUT2D eigenvalue weighted by Crippen LogP contribution is 2.33. The van der Waals surface area contributed by atoms with Gasteiger partial charge in [0.15, 0.2) is 0 Å². The molecule has 94 valence electrons. The maximum absolute atomic E-state index is 13.0. The molecule has 2 aromatic carbocycles. The van der Waals surface area contributed by atoms with Gasteiger partial charge in [0.25, 0.3) is 0 Å². The fourth-order valence-electron chi connectivity index (χ4n) is 1.59. The summed E-state index contributed by atoms with van der Waals surface area (Å²) < 4.78 is 18.3. The first-order chi connectivity index (χ1) is 8.69. The highest BCUT2D eigenvalue weighted by molar-refractivity contribution is 7.98. The van der Waals surface area contributed by atoms with Gasteiger partial charge in [-0.25, -0.2) is 4.39 Å². The molecule has 2 N–H and O–H groups in total. The van der Waals surface area contributed by atoms with E-state index in [4.69, 9.17) is 10.5 Å². The molecule has 0 saturated heterocycles. The van der Waals surface area contributed by atoms with Gasteiger partial charge in [0, 0.05) is 22.4 Å². The number of hydrogen-bond acceptors (Lipinski definition) is 3. The Bertz CT molecular complexity index is 545. The lowest BCUT2D eigenvalue weighted by Crippen LogP contribution is -1.91. The molecule has 0 unspecified atom stereocenters. The number of benzene rings is 2. The van der Waals surface area contributed by atoms with Crippen LogP contribution in [0.15, 0.2) is 47.4 Å². The molecule has 0 aliphatic heterocycles. The number of ether oxygens (including phenoxy) is 1. The van der Waals surface area contributed by atoms with E-state index in [9.17, 15) is 4.39 Å². The van der Waals surface area contributed by atoms with Crippen LogP contribution in [-0.4, -0.2) is 7.11 Å². The van der Waals surface area contributed by atoms with Gasteiger partial charge < -0.3 is 10.5 Å². The zero-order valence-electron chi connectivity index (χ0n) is 10.0. The molecule has 0 amide bonds. The van der Waals surface area contributed by atoms with Crippen molar-refractivity contribution in [3.8, 4) is 5.75 Å². The Labute approximate surface area is 110 Å². The Morgan fingerprint density at radius 1 is 1.22 bits per heavy atom. The summed E-state index contributed by atoms with van der Waals surface area (Å²) in [6.07, 6.45) is 0. The summed E-state index contributed by atoms with van der Waals surface area (Å²) in [7, 11) is 1.61. The summed E-state index contributed by atoms with van der Waals surface area (Å²) in [6, 6.07) is 12.1. The van der Waals surface area contributed by atoms with Gasteiger partial charge in [-0.2, -0.15) is 0 Å². The second-order valence-electron chi connectivity index (χ2n) is 3.83. The van der Waals surface area contributed by atoms with E-state index in [1.54, 1.807) is 31.0 Å². The zero-order valence-corrected chi connectivity index (χ0v) is 10.8. The van der Waals surface area contributed by atoms with Crippen LogP contribution in [0.1, 0.15) is 5.56 Å². The zero-order chi connectivity index (χ0) is 13.0. The molecule has 0 aromatic heterocycles. The maximum Gasteiger partial charge on any atom is 0.134 e. The molecule has 0 aliphatic rings. The standard InChI is InChI=1S/C14H14FNOS/c1-17-13-8-12(16)5-6-14(13)18-9-10-3-2-4-11(15)7-10/h2-8H,9,16H2,1H3. The third kappa shape index (κ3) is 3.17. The first-order valence-electron chi connectivity index (χ1n) is 5.50. The molecule has 4 heteroatoms. The van der Waals surface area contributed by atoms with E-state index < -0.39 is 0 Å². The van der Waals surface area contributed by atoms with Crippen LogP contribution >= 0.6 is 11.8 Å². The monoisotopic (exact) mass is 263 g/mol. The molecule has 18 heavy (non-hydrogen) atoms. The Kier molecular flexibility index (Phi) is 4.10. The second-order valence-corrected chi connectivity index (χ2v) is 4.85. The minimum absolute atomic E-state index is 0.211. The van der Waals surface area contributed by atoms with Crippen molar-refractivity contribution in [1.82, 2.24) is 0 Å². The number of nitrogens with two attached hydrogens (primary N) is 1. The largest absolute Gasteiger partial charge is 0.496 e. The molecule has 0 radical (unpaired) electrons. The van der Waals surface area contributed by atoms with Gasteiger partial charge in [0.1, 0.15) is 11.6 Å². The molecule has 2 rings (SSSR count). The predicted molar refractivity (Wildman–Crippen MR) is 73.4 cm³/mol. The molecular formula is C14H14FNOS. The molecule has 0 bridgehead atoms. The molecule has 2 nitrogen and oxygen atoms in total. The van der Waals surface area contributed by atoms with Crippen molar-refractivity contribution in [3.05, 3.63) is 53.8 Å². The van der Waals surface area contributed by atoms with Crippen LogP contribution in [0.2, 0.25) is 0 Å². The first-order valence-corrected chi connectivity index (χ1v) is 6.48. The Balaban J connectivity index is 2.10. The summed E-state index contributed by atoms with van der Waals surface area (Å²) in [5.74, 6) is 1.23. The van der Waals surface area contributed by atoms with Crippen LogP contribution in [0.3, 0.4) is 0 Å². The second kappa shape index (κ2) is 5.78. The van der Waals surface area contributed by atoms with E-state index in [1.807, 2.05) is 18.2 Å². The number of halogens is 1. The van der Waals surface area contributed by atoms with E-state index >= 15 is 0 Å². The molecule has 0 aliphatic carbocycles. The first kappa shape index (κ1) is 12.8. The lowest BCUT2D eigenvalue weighted by molar-refractivity contribution is 0.405. The van der Waals surface area contributed by atoms with Crippen LogP contribution in [0.25, 0.3) is 0 Å². The Morgan fingerprint density at radius 3 is 2.78 bits per heavy atom. The summed E-state index contributed by atoms with van der Waals surface area (Å²) in [6.45, 7) is 0. The number of anilines is 1. The Morgan fingerprint density at radius 2 is 2.06 bits per heavy atom. The third-order valence-corrected chi connectivity index (χ3v) is 3.60. The maximum atomic E-state index is 13.0. The van der Waals surface area contributed by atoms with Gasteiger partial charge in [-0.3, -0.25) is 0 Å². The van der Waals surface area contributed by atoms with Crippen LogP contribution in [0, 0.1) is 5.82 Å². The summed E-state index contributed by atoms with van der Waals surface area (Å²) in [5, 5.41) is 0. The number of thioether (sulfide) groups is 1. The SMILES string of the molecule is COc1cc(N)ccc1SCc1cccc(F)c1. The highest BCUT2D eigenvalue weighted by atomic mass is 32.2. The van der Waals surface area contributed by atoms with Crippen LogP contribution in [-0.2, 0) is 5.75 Å². The normalized spacial score (nSPS) is 10.3. The number of methoxy groups -OCH3 is 1.